The van der Waals surface area contributed by atoms with Crippen LogP contribution in [-0.4, -0.2) is 81.7 Å². The summed E-state index contributed by atoms with van der Waals surface area (Å²) in [4.78, 5) is 26.0. The van der Waals surface area contributed by atoms with Gasteiger partial charge in [0.25, 0.3) is 5.91 Å². The van der Waals surface area contributed by atoms with Gasteiger partial charge in [-0.05, 0) is 25.0 Å². The Bertz CT molecular complexity index is 889. The SMILES string of the molecule is CO[C@H]1CN(C)C(=O)c2ccc(NC(C)=O)cc2OC[C@@H](C)N(S(C)(=O)=O)C[C@@H]1C. The van der Waals surface area contributed by atoms with Crippen LogP contribution in [0.25, 0.3) is 0 Å². The lowest BCUT2D eigenvalue weighted by Crippen LogP contribution is -2.48. The first-order valence-electron chi connectivity index (χ1n) is 9.73. The number of amides is 2. The molecule has 0 unspecified atom stereocenters. The summed E-state index contributed by atoms with van der Waals surface area (Å²) in [5, 5.41) is 2.66. The number of hydrogen-bond acceptors (Lipinski definition) is 6. The molecular weight excluding hydrogens is 410 g/mol. The number of carbonyl (C=O) groups is 2. The minimum Gasteiger partial charge on any atom is -0.491 e. The highest BCUT2D eigenvalue weighted by Gasteiger charge is 2.31. The second-order valence-electron chi connectivity index (χ2n) is 7.82. The summed E-state index contributed by atoms with van der Waals surface area (Å²) in [5.74, 6) is -0.369. The van der Waals surface area contributed by atoms with Crippen LogP contribution < -0.4 is 10.1 Å². The van der Waals surface area contributed by atoms with Crippen LogP contribution in [0.15, 0.2) is 18.2 Å². The molecule has 0 saturated heterocycles. The Balaban J connectivity index is 2.50. The van der Waals surface area contributed by atoms with Gasteiger partial charge in [0.15, 0.2) is 0 Å². The molecule has 1 aromatic rings. The third-order valence-corrected chi connectivity index (χ3v) is 6.50. The second kappa shape index (κ2) is 9.76. The molecule has 0 aromatic heterocycles. The van der Waals surface area contributed by atoms with E-state index < -0.39 is 16.1 Å². The largest absolute Gasteiger partial charge is 0.491 e. The van der Waals surface area contributed by atoms with Crippen molar-refractivity contribution in [2.75, 3.05) is 45.4 Å². The highest BCUT2D eigenvalue weighted by Crippen LogP contribution is 2.27. The molecule has 1 aliphatic rings. The molecule has 30 heavy (non-hydrogen) atoms. The highest BCUT2D eigenvalue weighted by atomic mass is 32.2. The summed E-state index contributed by atoms with van der Waals surface area (Å²) < 4.78 is 37.7. The summed E-state index contributed by atoms with van der Waals surface area (Å²) >= 11 is 0. The Labute approximate surface area is 178 Å². The average Bonchev–Trinajstić information content (AvgIpc) is 2.65. The van der Waals surface area contributed by atoms with Crippen LogP contribution in [0.3, 0.4) is 0 Å². The standard InChI is InChI=1S/C20H31N3O6S/c1-13-10-23(30(6,26)27)14(2)12-29-18-9-16(21-15(3)24)7-8-17(18)20(25)22(4)11-19(13)28-5/h7-9,13-14,19H,10-12H2,1-6H3,(H,21,24)/t13-,14+,19-/m0/s1. The van der Waals surface area contributed by atoms with Crippen LogP contribution in [-0.2, 0) is 19.6 Å². The molecule has 1 heterocycles. The molecule has 10 heteroatoms. The number of anilines is 1. The van der Waals surface area contributed by atoms with Gasteiger partial charge >= 0.3 is 0 Å². The maximum Gasteiger partial charge on any atom is 0.257 e. The number of nitrogens with zero attached hydrogens (tertiary/aromatic N) is 2. The second-order valence-corrected chi connectivity index (χ2v) is 9.76. The maximum atomic E-state index is 13.1. The molecule has 1 aromatic carbocycles. The van der Waals surface area contributed by atoms with E-state index in [0.29, 0.717) is 11.3 Å². The van der Waals surface area contributed by atoms with Crippen molar-refractivity contribution in [2.24, 2.45) is 5.92 Å². The number of sulfonamides is 1. The van der Waals surface area contributed by atoms with E-state index in [4.69, 9.17) is 9.47 Å². The number of rotatable bonds is 3. The molecule has 1 aliphatic heterocycles. The highest BCUT2D eigenvalue weighted by molar-refractivity contribution is 7.88. The Morgan fingerprint density at radius 3 is 2.50 bits per heavy atom. The van der Waals surface area contributed by atoms with Gasteiger partial charge in [-0.25, -0.2) is 8.42 Å². The van der Waals surface area contributed by atoms with Crippen molar-refractivity contribution >= 4 is 27.5 Å². The van der Waals surface area contributed by atoms with Crippen LogP contribution in [0.1, 0.15) is 31.1 Å². The van der Waals surface area contributed by atoms with Gasteiger partial charge in [0.05, 0.1) is 24.0 Å². The Morgan fingerprint density at radius 1 is 1.27 bits per heavy atom. The fraction of sp³-hybridized carbons (Fsp3) is 0.600. The van der Waals surface area contributed by atoms with Gasteiger partial charge in [-0.2, -0.15) is 4.31 Å². The summed E-state index contributed by atoms with van der Waals surface area (Å²) in [6.45, 7) is 5.62. The van der Waals surface area contributed by atoms with E-state index in [1.165, 1.54) is 22.4 Å². The molecular formula is C20H31N3O6S. The van der Waals surface area contributed by atoms with E-state index in [2.05, 4.69) is 5.32 Å². The fourth-order valence-corrected chi connectivity index (χ4v) is 4.70. The topological polar surface area (TPSA) is 105 Å². The summed E-state index contributed by atoms with van der Waals surface area (Å²) in [6, 6.07) is 4.33. The Hall–Kier alpha value is -2.17. The molecule has 2 amide bonds. The van der Waals surface area contributed by atoms with Gasteiger partial charge < -0.3 is 19.7 Å². The van der Waals surface area contributed by atoms with Crippen LogP contribution in [0.2, 0.25) is 0 Å². The summed E-state index contributed by atoms with van der Waals surface area (Å²) in [7, 11) is -0.280. The predicted octanol–water partition coefficient (Wildman–Crippen LogP) is 1.41. The lowest BCUT2D eigenvalue weighted by Gasteiger charge is -2.34. The zero-order valence-corrected chi connectivity index (χ0v) is 19.2. The smallest absolute Gasteiger partial charge is 0.257 e. The van der Waals surface area contributed by atoms with E-state index in [1.54, 1.807) is 39.3 Å². The van der Waals surface area contributed by atoms with Gasteiger partial charge in [0.2, 0.25) is 15.9 Å². The first kappa shape index (κ1) is 24.1. The number of ether oxygens (including phenoxy) is 2. The summed E-state index contributed by atoms with van der Waals surface area (Å²) in [6.07, 6.45) is 0.820. The number of methoxy groups -OCH3 is 1. The van der Waals surface area contributed by atoms with E-state index in [-0.39, 0.29) is 49.3 Å². The third kappa shape index (κ3) is 5.93. The zero-order valence-electron chi connectivity index (χ0n) is 18.3. The zero-order chi connectivity index (χ0) is 22.6. The van der Waals surface area contributed by atoms with E-state index in [0.717, 1.165) is 0 Å². The first-order chi connectivity index (χ1) is 13.9. The minimum absolute atomic E-state index is 0.0466. The van der Waals surface area contributed by atoms with E-state index in [1.807, 2.05) is 6.92 Å². The van der Waals surface area contributed by atoms with Crippen LogP contribution >= 0.6 is 0 Å². The molecule has 1 N–H and O–H groups in total. The molecule has 0 bridgehead atoms. The van der Waals surface area contributed by atoms with Gasteiger partial charge in [-0.15, -0.1) is 0 Å². The minimum atomic E-state index is -3.49. The quantitative estimate of drug-likeness (QED) is 0.760. The fourth-order valence-electron chi connectivity index (χ4n) is 3.48. The average molecular weight is 442 g/mol. The van der Waals surface area contributed by atoms with Crippen LogP contribution in [0, 0.1) is 5.92 Å². The van der Waals surface area contributed by atoms with Crippen molar-refractivity contribution in [3.05, 3.63) is 23.8 Å². The summed E-state index contributed by atoms with van der Waals surface area (Å²) in [5.41, 5.74) is 0.813. The normalized spacial score (nSPS) is 24.3. The lowest BCUT2D eigenvalue weighted by atomic mass is 10.0. The van der Waals surface area contributed by atoms with E-state index in [9.17, 15) is 18.0 Å². The van der Waals surface area contributed by atoms with Crippen LogP contribution in [0.5, 0.6) is 5.75 Å². The van der Waals surface area contributed by atoms with Crippen molar-refractivity contribution in [1.29, 1.82) is 0 Å². The van der Waals surface area contributed by atoms with Crippen molar-refractivity contribution in [1.82, 2.24) is 9.21 Å². The molecule has 2 rings (SSSR count). The molecule has 0 spiro atoms. The van der Waals surface area contributed by atoms with Crippen LogP contribution in [0.4, 0.5) is 5.69 Å². The molecule has 0 radical (unpaired) electrons. The number of hydrogen-bond donors (Lipinski definition) is 1. The first-order valence-corrected chi connectivity index (χ1v) is 11.6. The van der Waals surface area contributed by atoms with Crippen molar-refractivity contribution in [2.45, 2.75) is 32.9 Å². The van der Waals surface area contributed by atoms with Gasteiger partial charge in [0.1, 0.15) is 12.4 Å². The molecule has 3 atom stereocenters. The molecule has 0 aliphatic carbocycles. The monoisotopic (exact) mass is 441 g/mol. The molecule has 0 saturated carbocycles. The van der Waals surface area contributed by atoms with Crippen molar-refractivity contribution < 1.29 is 27.5 Å². The molecule has 168 valence electrons. The van der Waals surface area contributed by atoms with Crippen molar-refractivity contribution in [3.8, 4) is 5.75 Å². The predicted molar refractivity (Wildman–Crippen MR) is 114 cm³/mol. The maximum absolute atomic E-state index is 13.1. The third-order valence-electron chi connectivity index (χ3n) is 5.14. The van der Waals surface area contributed by atoms with Gasteiger partial charge in [-0.1, -0.05) is 6.92 Å². The lowest BCUT2D eigenvalue weighted by molar-refractivity contribution is -0.114. The molecule has 0 fully saturated rings. The van der Waals surface area contributed by atoms with Crippen molar-refractivity contribution in [3.63, 3.8) is 0 Å². The number of carbonyl (C=O) groups excluding carboxylic acids is 2. The number of nitrogens with one attached hydrogen (secondary N) is 1. The number of likely N-dealkylation sites (N-methyl/N-ethyl adjacent to an activating group) is 1. The molecule has 9 nitrogen and oxygen atoms in total. The number of benzene rings is 1. The Morgan fingerprint density at radius 2 is 1.93 bits per heavy atom. The Kier molecular flexibility index (Phi) is 7.84. The van der Waals surface area contributed by atoms with E-state index >= 15 is 0 Å². The van der Waals surface area contributed by atoms with Gasteiger partial charge in [0, 0.05) is 45.9 Å². The number of fused-ring (bicyclic) bond motifs is 1. The van der Waals surface area contributed by atoms with Gasteiger partial charge in [-0.3, -0.25) is 9.59 Å².